The summed E-state index contributed by atoms with van der Waals surface area (Å²) in [6, 6.07) is 15.5. The molecule has 1 aromatic heterocycles. The number of hydrogen-bond donors (Lipinski definition) is 0. The average molecular weight is 408 g/mol. The Bertz CT molecular complexity index is 1120. The number of amides is 1. The lowest BCUT2D eigenvalue weighted by atomic mass is 10.2. The van der Waals surface area contributed by atoms with Crippen molar-refractivity contribution in [2.75, 3.05) is 11.4 Å². The van der Waals surface area contributed by atoms with Crippen LogP contribution in [0.15, 0.2) is 58.5 Å². The second-order valence-electron chi connectivity index (χ2n) is 7.47. The third-order valence-corrected chi connectivity index (χ3v) is 6.64. The molecular formula is C23H25N3O2S. The number of hydrogen-bond acceptors (Lipinski definition) is 4. The Morgan fingerprint density at radius 3 is 2.66 bits per heavy atom. The second kappa shape index (κ2) is 8.03. The predicted molar refractivity (Wildman–Crippen MR) is 119 cm³/mol. The van der Waals surface area contributed by atoms with E-state index in [1.807, 2.05) is 61.2 Å². The first kappa shape index (κ1) is 19.7. The van der Waals surface area contributed by atoms with Gasteiger partial charge in [0.25, 0.3) is 5.56 Å². The maximum absolute atomic E-state index is 13.2. The van der Waals surface area contributed by atoms with Crippen molar-refractivity contribution < 1.29 is 4.79 Å². The molecule has 2 aromatic carbocycles. The van der Waals surface area contributed by atoms with Crippen LogP contribution < -0.4 is 10.5 Å². The third-order valence-electron chi connectivity index (χ3n) is 5.59. The number of rotatable bonds is 5. The quantitative estimate of drug-likeness (QED) is 0.464. The number of para-hydroxylation sites is 2. The van der Waals surface area contributed by atoms with Crippen molar-refractivity contribution in [2.45, 2.75) is 50.1 Å². The van der Waals surface area contributed by atoms with Gasteiger partial charge in [-0.15, -0.1) is 0 Å². The Labute approximate surface area is 174 Å². The molecule has 0 N–H and O–H groups in total. The summed E-state index contributed by atoms with van der Waals surface area (Å²) in [5.74, 6) is 0.0538. The average Bonchev–Trinajstić information content (AvgIpc) is 3.17. The van der Waals surface area contributed by atoms with Crippen molar-refractivity contribution in [2.24, 2.45) is 0 Å². The minimum Gasteiger partial charge on any atom is -0.311 e. The van der Waals surface area contributed by atoms with Crippen LogP contribution in [0, 0.1) is 0 Å². The maximum Gasteiger partial charge on any atom is 0.262 e. The summed E-state index contributed by atoms with van der Waals surface area (Å²) in [7, 11) is 0. The molecule has 5 nitrogen and oxygen atoms in total. The molecule has 2 atom stereocenters. The molecular weight excluding hydrogens is 382 g/mol. The SMILES string of the molecule is CC[C@H](C)n1c(S[C@@H](C)C(=O)N2CCc3ccccc32)nc2ccccc2c1=O. The van der Waals surface area contributed by atoms with Gasteiger partial charge in [-0.2, -0.15) is 0 Å². The molecule has 1 aliphatic rings. The fraction of sp³-hybridized carbons (Fsp3) is 0.348. The monoisotopic (exact) mass is 407 g/mol. The lowest BCUT2D eigenvalue weighted by molar-refractivity contribution is -0.117. The molecule has 0 radical (unpaired) electrons. The van der Waals surface area contributed by atoms with Gasteiger partial charge < -0.3 is 4.90 Å². The zero-order chi connectivity index (χ0) is 20.5. The molecule has 4 rings (SSSR count). The predicted octanol–water partition coefficient (Wildman–Crippen LogP) is 4.44. The minimum atomic E-state index is -0.343. The Hall–Kier alpha value is -2.60. The Kier molecular flexibility index (Phi) is 5.46. The van der Waals surface area contributed by atoms with Gasteiger partial charge in [0.15, 0.2) is 5.16 Å². The van der Waals surface area contributed by atoms with Crippen LogP contribution >= 0.6 is 11.8 Å². The van der Waals surface area contributed by atoms with Crippen LogP contribution in [0.5, 0.6) is 0 Å². The van der Waals surface area contributed by atoms with E-state index in [-0.39, 0.29) is 22.8 Å². The van der Waals surface area contributed by atoms with E-state index < -0.39 is 0 Å². The lowest BCUT2D eigenvalue weighted by Crippen LogP contribution is -2.36. The van der Waals surface area contributed by atoms with Crippen LogP contribution in [0.3, 0.4) is 0 Å². The van der Waals surface area contributed by atoms with Crippen molar-refractivity contribution in [1.29, 1.82) is 0 Å². The van der Waals surface area contributed by atoms with E-state index in [1.165, 1.54) is 17.3 Å². The molecule has 0 saturated heterocycles. The molecule has 3 aromatic rings. The summed E-state index contributed by atoms with van der Waals surface area (Å²) in [5.41, 5.74) is 2.83. The standard InChI is InChI=1S/C23H25N3O2S/c1-4-15(2)26-22(28)18-10-6-7-11-19(18)24-23(26)29-16(3)21(27)25-14-13-17-9-5-8-12-20(17)25/h5-12,15-16H,4,13-14H2,1-3H3/t15-,16-/m0/s1. The Balaban J connectivity index is 1.68. The minimum absolute atomic E-state index is 0.0110. The van der Waals surface area contributed by atoms with Crippen molar-refractivity contribution in [3.8, 4) is 0 Å². The first-order valence-corrected chi connectivity index (χ1v) is 11.0. The summed E-state index contributed by atoms with van der Waals surface area (Å²) in [4.78, 5) is 33.0. The number of nitrogens with zero attached hydrogens (tertiary/aromatic N) is 3. The lowest BCUT2D eigenvalue weighted by Gasteiger charge is -2.23. The van der Waals surface area contributed by atoms with E-state index in [2.05, 4.69) is 13.0 Å². The van der Waals surface area contributed by atoms with E-state index >= 15 is 0 Å². The summed E-state index contributed by atoms with van der Waals surface area (Å²) < 4.78 is 1.74. The maximum atomic E-state index is 13.2. The number of anilines is 1. The number of carbonyl (C=O) groups is 1. The number of thioether (sulfide) groups is 1. The highest BCUT2D eigenvalue weighted by Gasteiger charge is 2.29. The summed E-state index contributed by atoms with van der Waals surface area (Å²) in [6.07, 6.45) is 1.69. The van der Waals surface area contributed by atoms with Gasteiger partial charge in [-0.05, 0) is 50.5 Å². The molecule has 0 bridgehead atoms. The van der Waals surface area contributed by atoms with Gasteiger partial charge in [0.1, 0.15) is 0 Å². The van der Waals surface area contributed by atoms with Gasteiger partial charge >= 0.3 is 0 Å². The fourth-order valence-electron chi connectivity index (χ4n) is 3.78. The van der Waals surface area contributed by atoms with Crippen LogP contribution in [0.4, 0.5) is 5.69 Å². The largest absolute Gasteiger partial charge is 0.311 e. The molecule has 0 aliphatic carbocycles. The van der Waals surface area contributed by atoms with Gasteiger partial charge in [0, 0.05) is 18.3 Å². The van der Waals surface area contributed by atoms with E-state index in [0.29, 0.717) is 22.6 Å². The van der Waals surface area contributed by atoms with Gasteiger partial charge in [-0.1, -0.05) is 49.0 Å². The molecule has 29 heavy (non-hydrogen) atoms. The third kappa shape index (κ3) is 3.57. The number of carbonyl (C=O) groups excluding carboxylic acids is 1. The van der Waals surface area contributed by atoms with Gasteiger partial charge in [0.05, 0.1) is 16.2 Å². The molecule has 0 fully saturated rings. The zero-order valence-electron chi connectivity index (χ0n) is 17.0. The first-order valence-electron chi connectivity index (χ1n) is 10.1. The van der Waals surface area contributed by atoms with Crippen molar-refractivity contribution in [1.82, 2.24) is 9.55 Å². The van der Waals surface area contributed by atoms with E-state index in [9.17, 15) is 9.59 Å². The van der Waals surface area contributed by atoms with E-state index in [1.54, 1.807) is 4.57 Å². The zero-order valence-corrected chi connectivity index (χ0v) is 17.8. The highest BCUT2D eigenvalue weighted by molar-refractivity contribution is 8.00. The second-order valence-corrected chi connectivity index (χ2v) is 8.78. The molecule has 1 aliphatic heterocycles. The molecule has 0 saturated carbocycles. The van der Waals surface area contributed by atoms with E-state index in [0.717, 1.165) is 18.5 Å². The van der Waals surface area contributed by atoms with Crippen LogP contribution in [-0.4, -0.2) is 27.3 Å². The van der Waals surface area contributed by atoms with Crippen LogP contribution in [-0.2, 0) is 11.2 Å². The topological polar surface area (TPSA) is 55.2 Å². The highest BCUT2D eigenvalue weighted by Crippen LogP contribution is 2.32. The van der Waals surface area contributed by atoms with Crippen molar-refractivity contribution in [3.63, 3.8) is 0 Å². The van der Waals surface area contributed by atoms with Crippen LogP contribution in [0.2, 0.25) is 0 Å². The van der Waals surface area contributed by atoms with Crippen molar-refractivity contribution >= 4 is 34.3 Å². The summed E-state index contributed by atoms with van der Waals surface area (Å²) >= 11 is 1.37. The molecule has 0 unspecified atom stereocenters. The highest BCUT2D eigenvalue weighted by atomic mass is 32.2. The van der Waals surface area contributed by atoms with Crippen LogP contribution in [0.25, 0.3) is 10.9 Å². The molecule has 0 spiro atoms. The molecule has 150 valence electrons. The Morgan fingerprint density at radius 2 is 1.86 bits per heavy atom. The normalized spacial score (nSPS) is 15.3. The smallest absolute Gasteiger partial charge is 0.262 e. The number of benzene rings is 2. The first-order chi connectivity index (χ1) is 14.0. The fourth-order valence-corrected chi connectivity index (χ4v) is 4.85. The van der Waals surface area contributed by atoms with Crippen molar-refractivity contribution in [3.05, 3.63) is 64.4 Å². The Morgan fingerprint density at radius 1 is 1.14 bits per heavy atom. The van der Waals surface area contributed by atoms with Gasteiger partial charge in [-0.25, -0.2) is 4.98 Å². The molecule has 1 amide bonds. The van der Waals surface area contributed by atoms with E-state index in [4.69, 9.17) is 4.98 Å². The van der Waals surface area contributed by atoms with Gasteiger partial charge in [-0.3, -0.25) is 14.2 Å². The van der Waals surface area contributed by atoms with Gasteiger partial charge in [0.2, 0.25) is 5.91 Å². The summed E-state index contributed by atoms with van der Waals surface area (Å²) in [5, 5.41) is 0.880. The number of aromatic nitrogens is 2. The van der Waals surface area contributed by atoms with Crippen LogP contribution in [0.1, 0.15) is 38.8 Å². The molecule has 6 heteroatoms. The number of fused-ring (bicyclic) bond motifs is 2. The summed E-state index contributed by atoms with van der Waals surface area (Å²) in [6.45, 7) is 6.67. The molecule has 2 heterocycles.